The second-order valence-electron chi connectivity index (χ2n) is 2.67. The van der Waals surface area contributed by atoms with Crippen molar-refractivity contribution < 1.29 is 0 Å². The third kappa shape index (κ3) is 1.64. The number of nitrogens with one attached hydrogen (secondary N) is 1. The first-order valence-corrected chi connectivity index (χ1v) is 3.96. The van der Waals surface area contributed by atoms with E-state index < -0.39 is 0 Å². The summed E-state index contributed by atoms with van der Waals surface area (Å²) >= 11 is 0. The Morgan fingerprint density at radius 1 is 1.08 bits per heavy atom. The molecule has 2 aromatic rings. The molecule has 1 N–H and O–H groups in total. The Morgan fingerprint density at radius 2 is 1.85 bits per heavy atom. The first-order valence-electron chi connectivity index (χ1n) is 3.96. The normalized spacial score (nSPS) is 9.85. The summed E-state index contributed by atoms with van der Waals surface area (Å²) in [6, 6.07) is 9.77. The average molecular weight is 172 g/mol. The lowest BCUT2D eigenvalue weighted by Crippen LogP contribution is -2.07. The molecule has 0 saturated carbocycles. The van der Waals surface area contributed by atoms with Gasteiger partial charge in [0.15, 0.2) is 0 Å². The Labute approximate surface area is 75.1 Å². The molecular formula is C10H8N2O. The highest BCUT2D eigenvalue weighted by molar-refractivity contribution is 5.60. The van der Waals surface area contributed by atoms with Crippen molar-refractivity contribution in [2.75, 3.05) is 0 Å². The molecule has 0 radical (unpaired) electrons. The van der Waals surface area contributed by atoms with E-state index in [9.17, 15) is 4.79 Å². The lowest BCUT2D eigenvalue weighted by Gasteiger charge is -1.97. The van der Waals surface area contributed by atoms with Gasteiger partial charge in [0.25, 0.3) is 0 Å². The van der Waals surface area contributed by atoms with Crippen LogP contribution in [0.3, 0.4) is 0 Å². The molecule has 0 fully saturated rings. The van der Waals surface area contributed by atoms with Crippen LogP contribution in [-0.4, -0.2) is 9.97 Å². The molecule has 64 valence electrons. The topological polar surface area (TPSA) is 45.8 Å². The third-order valence-corrected chi connectivity index (χ3v) is 1.78. The number of nitrogens with zero attached hydrogens (tertiary/aromatic N) is 1. The summed E-state index contributed by atoms with van der Waals surface area (Å²) in [4.78, 5) is 16.9. The summed E-state index contributed by atoms with van der Waals surface area (Å²) in [6.45, 7) is 0. The van der Waals surface area contributed by atoms with Crippen LogP contribution in [0.4, 0.5) is 0 Å². The molecule has 3 nitrogen and oxygen atoms in total. The highest BCUT2D eigenvalue weighted by Crippen LogP contribution is 2.14. The Balaban J connectivity index is 2.48. The summed E-state index contributed by atoms with van der Waals surface area (Å²) in [7, 11) is 0. The molecule has 2 rings (SSSR count). The van der Waals surface area contributed by atoms with E-state index in [1.165, 1.54) is 0 Å². The molecule has 0 bridgehead atoms. The number of aromatic amines is 1. The standard InChI is InChI=1S/C10H8N2O/c13-10-11-6-9(7-12-10)8-4-2-1-3-5-8/h1-7H,(H,11,12,13). The lowest BCUT2D eigenvalue weighted by molar-refractivity contribution is 1.08. The monoisotopic (exact) mass is 172 g/mol. The average Bonchev–Trinajstić information content (AvgIpc) is 2.20. The number of benzene rings is 1. The van der Waals surface area contributed by atoms with E-state index in [1.54, 1.807) is 12.4 Å². The van der Waals surface area contributed by atoms with Crippen LogP contribution in [0.1, 0.15) is 0 Å². The van der Waals surface area contributed by atoms with Crippen molar-refractivity contribution in [3.05, 3.63) is 53.2 Å². The minimum atomic E-state index is -0.320. The first kappa shape index (κ1) is 7.73. The quantitative estimate of drug-likeness (QED) is 0.707. The van der Waals surface area contributed by atoms with Crippen LogP contribution in [0.5, 0.6) is 0 Å². The van der Waals surface area contributed by atoms with E-state index in [2.05, 4.69) is 9.97 Å². The van der Waals surface area contributed by atoms with Gasteiger partial charge in [-0.1, -0.05) is 30.3 Å². The minimum Gasteiger partial charge on any atom is -0.312 e. The van der Waals surface area contributed by atoms with Crippen molar-refractivity contribution in [1.82, 2.24) is 9.97 Å². The molecule has 0 saturated heterocycles. The Hall–Kier alpha value is -1.90. The zero-order valence-corrected chi connectivity index (χ0v) is 6.90. The van der Waals surface area contributed by atoms with E-state index in [-0.39, 0.29) is 5.69 Å². The summed E-state index contributed by atoms with van der Waals surface area (Å²) in [5.74, 6) is 0. The maximum Gasteiger partial charge on any atom is 0.344 e. The van der Waals surface area contributed by atoms with Crippen molar-refractivity contribution in [3.63, 3.8) is 0 Å². The van der Waals surface area contributed by atoms with E-state index in [0.717, 1.165) is 11.1 Å². The molecule has 13 heavy (non-hydrogen) atoms. The SMILES string of the molecule is O=c1ncc(-c2ccccc2)c[nH]1. The smallest absolute Gasteiger partial charge is 0.312 e. The molecule has 0 aliphatic heterocycles. The molecule has 1 heterocycles. The Morgan fingerprint density at radius 3 is 2.46 bits per heavy atom. The van der Waals surface area contributed by atoms with Crippen molar-refractivity contribution in [2.24, 2.45) is 0 Å². The molecule has 3 heteroatoms. The first-order chi connectivity index (χ1) is 6.36. The summed E-state index contributed by atoms with van der Waals surface area (Å²) in [5, 5.41) is 0. The molecule has 0 atom stereocenters. The minimum absolute atomic E-state index is 0.320. The number of H-pyrrole nitrogens is 1. The second kappa shape index (κ2) is 3.23. The fourth-order valence-corrected chi connectivity index (χ4v) is 1.13. The highest BCUT2D eigenvalue weighted by Gasteiger charge is 1.95. The molecule has 1 aromatic heterocycles. The second-order valence-corrected chi connectivity index (χ2v) is 2.67. The summed E-state index contributed by atoms with van der Waals surface area (Å²) in [5.41, 5.74) is 1.64. The maximum absolute atomic E-state index is 10.7. The van der Waals surface area contributed by atoms with Crippen LogP contribution in [0.2, 0.25) is 0 Å². The Kier molecular flexibility index (Phi) is 1.92. The van der Waals surface area contributed by atoms with Gasteiger partial charge in [0, 0.05) is 18.0 Å². The number of hydrogen-bond donors (Lipinski definition) is 1. The van der Waals surface area contributed by atoms with Gasteiger partial charge < -0.3 is 4.98 Å². The van der Waals surface area contributed by atoms with Crippen LogP contribution < -0.4 is 5.69 Å². The zero-order chi connectivity index (χ0) is 9.10. The van der Waals surface area contributed by atoms with E-state index in [0.29, 0.717) is 0 Å². The lowest BCUT2D eigenvalue weighted by atomic mass is 10.1. The van der Waals surface area contributed by atoms with Crippen molar-refractivity contribution in [3.8, 4) is 11.1 Å². The van der Waals surface area contributed by atoms with Gasteiger partial charge in [0.05, 0.1) is 0 Å². The predicted octanol–water partition coefficient (Wildman–Crippen LogP) is 1.44. The van der Waals surface area contributed by atoms with Crippen molar-refractivity contribution in [2.45, 2.75) is 0 Å². The van der Waals surface area contributed by atoms with Gasteiger partial charge in [-0.15, -0.1) is 0 Å². The third-order valence-electron chi connectivity index (χ3n) is 1.78. The van der Waals surface area contributed by atoms with Gasteiger partial charge in [-0.05, 0) is 5.56 Å². The molecule has 0 aliphatic rings. The van der Waals surface area contributed by atoms with Crippen molar-refractivity contribution in [1.29, 1.82) is 0 Å². The molecule has 0 spiro atoms. The van der Waals surface area contributed by atoms with Crippen molar-refractivity contribution >= 4 is 0 Å². The summed E-state index contributed by atoms with van der Waals surface area (Å²) in [6.07, 6.45) is 3.22. The van der Waals surface area contributed by atoms with Gasteiger partial charge in [-0.3, -0.25) is 0 Å². The van der Waals surface area contributed by atoms with Gasteiger partial charge in [-0.25, -0.2) is 9.78 Å². The number of hydrogen-bond acceptors (Lipinski definition) is 2. The number of rotatable bonds is 1. The predicted molar refractivity (Wildman–Crippen MR) is 50.3 cm³/mol. The maximum atomic E-state index is 10.7. The molecule has 0 amide bonds. The fraction of sp³-hybridized carbons (Fsp3) is 0. The molecule has 1 aromatic carbocycles. The van der Waals surface area contributed by atoms with Crippen LogP contribution in [-0.2, 0) is 0 Å². The van der Waals surface area contributed by atoms with Gasteiger partial charge in [0.2, 0.25) is 0 Å². The molecule has 0 aliphatic carbocycles. The van der Waals surface area contributed by atoms with Crippen LogP contribution >= 0.6 is 0 Å². The number of aromatic nitrogens is 2. The highest BCUT2D eigenvalue weighted by atomic mass is 16.1. The van der Waals surface area contributed by atoms with Gasteiger partial charge in [0.1, 0.15) is 0 Å². The van der Waals surface area contributed by atoms with E-state index in [1.807, 2.05) is 30.3 Å². The molecule has 0 unspecified atom stereocenters. The zero-order valence-electron chi connectivity index (χ0n) is 6.90. The Bertz CT molecular complexity index is 427. The van der Waals surface area contributed by atoms with Crippen LogP contribution in [0.15, 0.2) is 47.5 Å². The largest absolute Gasteiger partial charge is 0.344 e. The van der Waals surface area contributed by atoms with Gasteiger partial charge in [-0.2, -0.15) is 0 Å². The van der Waals surface area contributed by atoms with Crippen LogP contribution in [0.25, 0.3) is 11.1 Å². The van der Waals surface area contributed by atoms with E-state index >= 15 is 0 Å². The van der Waals surface area contributed by atoms with Crippen LogP contribution in [0, 0.1) is 0 Å². The fourth-order valence-electron chi connectivity index (χ4n) is 1.13. The molecular weight excluding hydrogens is 164 g/mol. The summed E-state index contributed by atoms with van der Waals surface area (Å²) < 4.78 is 0. The van der Waals surface area contributed by atoms with Gasteiger partial charge >= 0.3 is 5.69 Å². The van der Waals surface area contributed by atoms with E-state index in [4.69, 9.17) is 0 Å².